The molecular formula is C14H14N2O3S2. The Hall–Kier alpha value is -1.91. The van der Waals surface area contributed by atoms with Crippen molar-refractivity contribution in [3.63, 3.8) is 0 Å². The second kappa shape index (κ2) is 6.24. The van der Waals surface area contributed by atoms with Gasteiger partial charge in [-0.1, -0.05) is 17.7 Å². The summed E-state index contributed by atoms with van der Waals surface area (Å²) in [5.41, 5.74) is 1.08. The van der Waals surface area contributed by atoms with Crippen molar-refractivity contribution < 1.29 is 13.2 Å². The molecule has 1 aromatic heterocycles. The molecule has 1 amide bonds. The van der Waals surface area contributed by atoms with E-state index in [9.17, 15) is 13.2 Å². The van der Waals surface area contributed by atoms with Crippen LogP contribution in [0.15, 0.2) is 24.3 Å². The molecule has 0 unspecified atom stereocenters. The van der Waals surface area contributed by atoms with Crippen LogP contribution >= 0.6 is 11.3 Å². The number of nitriles is 1. The van der Waals surface area contributed by atoms with Crippen molar-refractivity contribution >= 4 is 37.4 Å². The summed E-state index contributed by atoms with van der Waals surface area (Å²) in [5.74, 6) is -0.846. The van der Waals surface area contributed by atoms with Crippen molar-refractivity contribution in [2.24, 2.45) is 0 Å². The Morgan fingerprint density at radius 1 is 1.38 bits per heavy atom. The van der Waals surface area contributed by atoms with Crippen molar-refractivity contribution in [1.29, 1.82) is 5.26 Å². The Morgan fingerprint density at radius 2 is 2.14 bits per heavy atom. The first kappa shape index (κ1) is 15.5. The van der Waals surface area contributed by atoms with E-state index in [2.05, 4.69) is 0 Å². The zero-order chi connectivity index (χ0) is 15.5. The molecule has 0 aliphatic carbocycles. The van der Waals surface area contributed by atoms with E-state index in [1.807, 2.05) is 35.9 Å². The molecule has 110 valence electrons. The van der Waals surface area contributed by atoms with Gasteiger partial charge in [-0.25, -0.2) is 13.1 Å². The number of nitrogens with zero attached hydrogens (tertiary/aromatic N) is 1. The van der Waals surface area contributed by atoms with E-state index in [1.165, 1.54) is 11.3 Å². The quantitative estimate of drug-likeness (QED) is 0.857. The SMILES string of the molecule is Cc1ccc2sc(C(=O)NS(=O)(=O)CCCC#N)cc2c1. The molecular weight excluding hydrogens is 308 g/mol. The lowest BCUT2D eigenvalue weighted by Crippen LogP contribution is -2.32. The number of fused-ring (bicyclic) bond motifs is 1. The summed E-state index contributed by atoms with van der Waals surface area (Å²) in [4.78, 5) is 12.4. The van der Waals surface area contributed by atoms with Gasteiger partial charge in [-0.2, -0.15) is 5.26 Å². The Bertz CT molecular complexity index is 816. The van der Waals surface area contributed by atoms with E-state index < -0.39 is 15.9 Å². The van der Waals surface area contributed by atoms with Crippen molar-refractivity contribution in [3.05, 3.63) is 34.7 Å². The fraction of sp³-hybridized carbons (Fsp3) is 0.286. The molecule has 0 spiro atoms. The molecule has 5 nitrogen and oxygen atoms in total. The lowest BCUT2D eigenvalue weighted by molar-refractivity contribution is 0.0985. The normalized spacial score (nSPS) is 11.2. The molecule has 0 bridgehead atoms. The summed E-state index contributed by atoms with van der Waals surface area (Å²) in [6.07, 6.45) is 0.363. The summed E-state index contributed by atoms with van der Waals surface area (Å²) >= 11 is 1.25. The molecule has 0 saturated heterocycles. The van der Waals surface area contributed by atoms with Gasteiger partial charge in [-0.05, 0) is 30.9 Å². The van der Waals surface area contributed by atoms with Gasteiger partial charge in [0.15, 0.2) is 0 Å². The van der Waals surface area contributed by atoms with Crippen LogP contribution in [0, 0.1) is 18.3 Å². The van der Waals surface area contributed by atoms with E-state index in [0.717, 1.165) is 15.6 Å². The standard InChI is InChI=1S/C14H14N2O3S2/c1-10-4-5-12-11(8-10)9-13(20-12)14(17)16-21(18,19)7-3-2-6-15/h4-5,8-9H,2-3,7H2,1H3,(H,16,17). The number of thiophene rings is 1. The van der Waals surface area contributed by atoms with Crippen LogP contribution in [0.25, 0.3) is 10.1 Å². The fourth-order valence-corrected chi connectivity index (χ4v) is 3.88. The fourth-order valence-electron chi connectivity index (χ4n) is 1.86. The largest absolute Gasteiger partial charge is 0.274 e. The molecule has 1 heterocycles. The monoisotopic (exact) mass is 322 g/mol. The van der Waals surface area contributed by atoms with Crippen LogP contribution in [-0.2, 0) is 10.0 Å². The van der Waals surface area contributed by atoms with Crippen LogP contribution in [0.5, 0.6) is 0 Å². The second-order valence-electron chi connectivity index (χ2n) is 4.66. The van der Waals surface area contributed by atoms with Gasteiger partial charge in [0.2, 0.25) is 10.0 Å². The topological polar surface area (TPSA) is 87.0 Å². The third kappa shape index (κ3) is 4.03. The lowest BCUT2D eigenvalue weighted by Gasteiger charge is -2.03. The number of hydrogen-bond donors (Lipinski definition) is 1. The van der Waals surface area contributed by atoms with Gasteiger partial charge in [0.25, 0.3) is 5.91 Å². The number of aryl methyl sites for hydroxylation is 1. The predicted octanol–water partition coefficient (Wildman–Crippen LogP) is 2.57. The van der Waals surface area contributed by atoms with Gasteiger partial charge in [-0.3, -0.25) is 4.79 Å². The van der Waals surface area contributed by atoms with Gasteiger partial charge in [0.05, 0.1) is 16.7 Å². The summed E-state index contributed by atoms with van der Waals surface area (Å²) in [6, 6.07) is 9.36. The highest BCUT2D eigenvalue weighted by atomic mass is 32.2. The van der Waals surface area contributed by atoms with Gasteiger partial charge >= 0.3 is 0 Å². The first-order valence-electron chi connectivity index (χ1n) is 6.33. The van der Waals surface area contributed by atoms with Crippen LogP contribution < -0.4 is 4.72 Å². The molecule has 0 fully saturated rings. The molecule has 2 aromatic rings. The first-order chi connectivity index (χ1) is 9.91. The highest BCUT2D eigenvalue weighted by Crippen LogP contribution is 2.26. The van der Waals surface area contributed by atoms with E-state index in [-0.39, 0.29) is 18.6 Å². The number of hydrogen-bond acceptors (Lipinski definition) is 5. The highest BCUT2D eigenvalue weighted by Gasteiger charge is 2.17. The van der Waals surface area contributed by atoms with Crippen molar-refractivity contribution in [2.45, 2.75) is 19.8 Å². The van der Waals surface area contributed by atoms with Gasteiger partial charge < -0.3 is 0 Å². The molecule has 1 N–H and O–H groups in total. The van der Waals surface area contributed by atoms with Crippen LogP contribution in [0.3, 0.4) is 0 Å². The van der Waals surface area contributed by atoms with Crippen molar-refractivity contribution in [1.82, 2.24) is 4.72 Å². The smallest absolute Gasteiger partial charge is 0.267 e. The van der Waals surface area contributed by atoms with Crippen LogP contribution in [0.4, 0.5) is 0 Å². The molecule has 7 heteroatoms. The minimum absolute atomic E-state index is 0.150. The van der Waals surface area contributed by atoms with Gasteiger partial charge in [-0.15, -0.1) is 11.3 Å². The van der Waals surface area contributed by atoms with Gasteiger partial charge in [0.1, 0.15) is 0 Å². The van der Waals surface area contributed by atoms with Crippen LogP contribution in [-0.4, -0.2) is 20.1 Å². The zero-order valence-corrected chi connectivity index (χ0v) is 13.1. The number of nitrogens with one attached hydrogen (secondary N) is 1. The molecule has 1 aromatic carbocycles. The third-order valence-electron chi connectivity index (χ3n) is 2.85. The summed E-state index contributed by atoms with van der Waals surface area (Å²) in [7, 11) is -3.69. The Kier molecular flexibility index (Phi) is 4.60. The summed E-state index contributed by atoms with van der Waals surface area (Å²) in [6.45, 7) is 1.95. The molecule has 0 aliphatic rings. The molecule has 0 radical (unpaired) electrons. The minimum Gasteiger partial charge on any atom is -0.267 e. The van der Waals surface area contributed by atoms with E-state index in [1.54, 1.807) is 6.07 Å². The maximum Gasteiger partial charge on any atom is 0.274 e. The maximum absolute atomic E-state index is 12.0. The van der Waals surface area contributed by atoms with Crippen LogP contribution in [0.2, 0.25) is 0 Å². The number of rotatable bonds is 5. The highest BCUT2D eigenvalue weighted by molar-refractivity contribution is 7.90. The molecule has 0 atom stereocenters. The van der Waals surface area contributed by atoms with E-state index in [4.69, 9.17) is 5.26 Å². The van der Waals surface area contributed by atoms with Gasteiger partial charge in [0, 0.05) is 11.1 Å². The molecule has 2 rings (SSSR count). The zero-order valence-electron chi connectivity index (χ0n) is 11.4. The number of benzene rings is 1. The Labute approximate surface area is 127 Å². The Morgan fingerprint density at radius 3 is 2.86 bits per heavy atom. The first-order valence-corrected chi connectivity index (χ1v) is 8.80. The number of amides is 1. The molecule has 0 aliphatic heterocycles. The third-order valence-corrected chi connectivity index (χ3v) is 5.28. The molecule has 21 heavy (non-hydrogen) atoms. The van der Waals surface area contributed by atoms with E-state index in [0.29, 0.717) is 4.88 Å². The van der Waals surface area contributed by atoms with Crippen molar-refractivity contribution in [2.75, 3.05) is 5.75 Å². The average Bonchev–Trinajstić information content (AvgIpc) is 2.81. The number of unbranched alkanes of at least 4 members (excludes halogenated alkanes) is 1. The lowest BCUT2D eigenvalue weighted by atomic mass is 10.2. The summed E-state index contributed by atoms with van der Waals surface area (Å²) in [5, 5.41) is 9.32. The van der Waals surface area contributed by atoms with Crippen LogP contribution in [0.1, 0.15) is 28.1 Å². The summed E-state index contributed by atoms with van der Waals surface area (Å²) < 4.78 is 26.4. The van der Waals surface area contributed by atoms with E-state index >= 15 is 0 Å². The minimum atomic E-state index is -3.69. The second-order valence-corrected chi connectivity index (χ2v) is 7.59. The maximum atomic E-state index is 12.0. The predicted molar refractivity (Wildman–Crippen MR) is 82.7 cm³/mol. The number of sulfonamides is 1. The number of carbonyl (C=O) groups is 1. The average molecular weight is 322 g/mol. The Balaban J connectivity index is 2.13. The van der Waals surface area contributed by atoms with Crippen molar-refractivity contribution in [3.8, 4) is 6.07 Å². The molecule has 0 saturated carbocycles. The number of carbonyl (C=O) groups excluding carboxylic acids is 1.